The fourth-order valence-corrected chi connectivity index (χ4v) is 4.04. The van der Waals surface area contributed by atoms with Crippen molar-refractivity contribution in [2.45, 2.75) is 78.6 Å². The monoisotopic (exact) mass is 511 g/mol. The van der Waals surface area contributed by atoms with Crippen molar-refractivity contribution in [1.29, 1.82) is 0 Å². The molecule has 0 aliphatic heterocycles. The van der Waals surface area contributed by atoms with Crippen LogP contribution in [0.3, 0.4) is 0 Å². The molecule has 2 atom stereocenters. The van der Waals surface area contributed by atoms with E-state index in [1.54, 1.807) is 20.8 Å². The maximum atomic E-state index is 14.1. The van der Waals surface area contributed by atoms with Gasteiger partial charge in [-0.25, -0.2) is 4.79 Å². The summed E-state index contributed by atoms with van der Waals surface area (Å²) in [7, 11) is 0. The number of carbonyl (C=O) groups excluding carboxylic acids is 3. The van der Waals surface area contributed by atoms with E-state index in [9.17, 15) is 19.5 Å². The lowest BCUT2D eigenvalue weighted by atomic mass is 9.95. The highest BCUT2D eigenvalue weighted by Crippen LogP contribution is 2.27. The standard InChI is InChI=1S/C29H41N3O5/c1-19(2)30-26(34)25(23-17-20(3)13-14-21(23)4)32(15-16-33)27(35)24(18-22-11-9-8-10-12-22)31-28(36)37-29(5,6)7/h8-14,17,19,24-25,33H,15-16,18H2,1-7H3,(H,30,34)(H,31,36). The molecule has 0 saturated heterocycles. The Kier molecular flexibility index (Phi) is 10.7. The molecule has 0 aromatic heterocycles. The molecule has 0 radical (unpaired) electrons. The van der Waals surface area contributed by atoms with E-state index < -0.39 is 29.7 Å². The van der Waals surface area contributed by atoms with Crippen molar-refractivity contribution in [2.24, 2.45) is 0 Å². The highest BCUT2D eigenvalue weighted by molar-refractivity contribution is 5.92. The van der Waals surface area contributed by atoms with Gasteiger partial charge in [0.05, 0.1) is 6.61 Å². The fourth-order valence-electron chi connectivity index (χ4n) is 4.04. The second-order valence-electron chi connectivity index (χ2n) is 10.6. The molecular weight excluding hydrogens is 470 g/mol. The van der Waals surface area contributed by atoms with Crippen LogP contribution in [0.4, 0.5) is 4.79 Å². The first-order chi connectivity index (χ1) is 17.3. The average Bonchev–Trinajstić information content (AvgIpc) is 2.79. The molecule has 0 spiro atoms. The third kappa shape index (κ3) is 9.21. The van der Waals surface area contributed by atoms with Gasteiger partial charge in [0.25, 0.3) is 0 Å². The number of ether oxygens (including phenoxy) is 1. The molecule has 2 unspecified atom stereocenters. The predicted octanol–water partition coefficient (Wildman–Crippen LogP) is 3.83. The SMILES string of the molecule is Cc1ccc(C)c(C(C(=O)NC(C)C)N(CCO)C(=O)C(Cc2ccccc2)NC(=O)OC(C)(C)C)c1. The summed E-state index contributed by atoms with van der Waals surface area (Å²) in [5, 5.41) is 15.6. The first-order valence-corrected chi connectivity index (χ1v) is 12.6. The van der Waals surface area contributed by atoms with Crippen LogP contribution in [0.25, 0.3) is 0 Å². The number of aryl methyl sites for hydroxylation is 2. The lowest BCUT2D eigenvalue weighted by molar-refractivity contribution is -0.143. The molecule has 0 aliphatic carbocycles. The number of alkyl carbamates (subject to hydrolysis) is 1. The summed E-state index contributed by atoms with van der Waals surface area (Å²) >= 11 is 0. The van der Waals surface area contributed by atoms with Crippen LogP contribution in [0.2, 0.25) is 0 Å². The maximum absolute atomic E-state index is 14.1. The number of hydrogen-bond donors (Lipinski definition) is 3. The van der Waals surface area contributed by atoms with Crippen LogP contribution < -0.4 is 10.6 Å². The van der Waals surface area contributed by atoms with Crippen LogP contribution in [0.1, 0.15) is 62.9 Å². The second kappa shape index (κ2) is 13.2. The van der Waals surface area contributed by atoms with E-state index in [-0.39, 0.29) is 31.5 Å². The lowest BCUT2D eigenvalue weighted by Gasteiger charge is -2.35. The molecule has 0 fully saturated rings. The zero-order chi connectivity index (χ0) is 27.8. The van der Waals surface area contributed by atoms with Gasteiger partial charge in [-0.1, -0.05) is 54.1 Å². The van der Waals surface area contributed by atoms with E-state index in [1.165, 1.54) is 4.90 Å². The molecule has 3 N–H and O–H groups in total. The number of benzene rings is 2. The third-order valence-electron chi connectivity index (χ3n) is 5.62. The van der Waals surface area contributed by atoms with Gasteiger partial charge in [0.1, 0.15) is 17.7 Å². The molecule has 2 aromatic rings. The summed E-state index contributed by atoms with van der Waals surface area (Å²) in [6.45, 7) is 12.3. The van der Waals surface area contributed by atoms with E-state index in [4.69, 9.17) is 4.74 Å². The third-order valence-corrected chi connectivity index (χ3v) is 5.62. The number of nitrogens with zero attached hydrogens (tertiary/aromatic N) is 1. The van der Waals surface area contributed by atoms with E-state index in [0.717, 1.165) is 16.7 Å². The molecule has 0 saturated carbocycles. The Bertz CT molecular complexity index is 1060. The van der Waals surface area contributed by atoms with Gasteiger partial charge >= 0.3 is 6.09 Å². The Labute approximate surface area is 220 Å². The molecule has 8 nitrogen and oxygen atoms in total. The van der Waals surface area contributed by atoms with Crippen molar-refractivity contribution in [3.63, 3.8) is 0 Å². The topological polar surface area (TPSA) is 108 Å². The van der Waals surface area contributed by atoms with Gasteiger partial charge in [-0.15, -0.1) is 0 Å². The highest BCUT2D eigenvalue weighted by Gasteiger charge is 2.37. The van der Waals surface area contributed by atoms with E-state index >= 15 is 0 Å². The number of amides is 3. The lowest BCUT2D eigenvalue weighted by Crippen LogP contribution is -2.55. The molecule has 37 heavy (non-hydrogen) atoms. The normalized spacial score (nSPS) is 13.0. The van der Waals surface area contributed by atoms with Crippen LogP contribution in [-0.4, -0.2) is 58.8 Å². The van der Waals surface area contributed by atoms with E-state index in [1.807, 2.05) is 76.2 Å². The molecule has 2 aromatic carbocycles. The van der Waals surface area contributed by atoms with Gasteiger partial charge < -0.3 is 25.4 Å². The number of rotatable bonds is 10. The summed E-state index contributed by atoms with van der Waals surface area (Å²) in [4.78, 5) is 41.7. The number of carbonyl (C=O) groups is 3. The summed E-state index contributed by atoms with van der Waals surface area (Å²) in [5.74, 6) is -0.852. The van der Waals surface area contributed by atoms with Gasteiger partial charge in [-0.2, -0.15) is 0 Å². The summed E-state index contributed by atoms with van der Waals surface area (Å²) < 4.78 is 5.43. The average molecular weight is 512 g/mol. The van der Waals surface area contributed by atoms with E-state index in [2.05, 4.69) is 10.6 Å². The second-order valence-corrected chi connectivity index (χ2v) is 10.6. The van der Waals surface area contributed by atoms with Crippen LogP contribution in [-0.2, 0) is 20.7 Å². The van der Waals surface area contributed by atoms with Crippen molar-refractivity contribution < 1.29 is 24.2 Å². The molecule has 0 bridgehead atoms. The number of aliphatic hydroxyl groups excluding tert-OH is 1. The minimum Gasteiger partial charge on any atom is -0.444 e. The predicted molar refractivity (Wildman–Crippen MR) is 144 cm³/mol. The maximum Gasteiger partial charge on any atom is 0.408 e. The van der Waals surface area contributed by atoms with Crippen molar-refractivity contribution >= 4 is 17.9 Å². The molecular formula is C29H41N3O5. The summed E-state index contributed by atoms with van der Waals surface area (Å²) in [6, 6.07) is 12.8. The molecule has 2 rings (SSSR count). The zero-order valence-electron chi connectivity index (χ0n) is 23.0. The molecule has 8 heteroatoms. The summed E-state index contributed by atoms with van der Waals surface area (Å²) in [5.41, 5.74) is 2.51. The minimum absolute atomic E-state index is 0.0936. The first kappa shape index (κ1) is 29.8. The van der Waals surface area contributed by atoms with Crippen LogP contribution in [0.5, 0.6) is 0 Å². The van der Waals surface area contributed by atoms with E-state index in [0.29, 0.717) is 5.56 Å². The van der Waals surface area contributed by atoms with Crippen molar-refractivity contribution in [1.82, 2.24) is 15.5 Å². The van der Waals surface area contributed by atoms with Crippen LogP contribution in [0.15, 0.2) is 48.5 Å². The molecule has 0 aliphatic rings. The fraction of sp³-hybridized carbons (Fsp3) is 0.483. The Balaban J connectivity index is 2.56. The Morgan fingerprint density at radius 2 is 1.65 bits per heavy atom. The largest absolute Gasteiger partial charge is 0.444 e. The number of hydrogen-bond acceptors (Lipinski definition) is 5. The molecule has 3 amide bonds. The quantitative estimate of drug-likeness (QED) is 0.449. The molecule has 0 heterocycles. The van der Waals surface area contributed by atoms with Crippen molar-refractivity contribution in [3.05, 3.63) is 70.8 Å². The number of aliphatic hydroxyl groups is 1. The van der Waals surface area contributed by atoms with Crippen LogP contribution in [0, 0.1) is 13.8 Å². The summed E-state index contributed by atoms with van der Waals surface area (Å²) in [6.07, 6.45) is -0.549. The van der Waals surface area contributed by atoms with Gasteiger partial charge in [0.15, 0.2) is 0 Å². The molecule has 202 valence electrons. The smallest absolute Gasteiger partial charge is 0.408 e. The Hall–Kier alpha value is -3.39. The number of nitrogens with one attached hydrogen (secondary N) is 2. The first-order valence-electron chi connectivity index (χ1n) is 12.6. The van der Waals surface area contributed by atoms with Gasteiger partial charge in [-0.3, -0.25) is 9.59 Å². The van der Waals surface area contributed by atoms with Crippen molar-refractivity contribution in [3.8, 4) is 0 Å². The van der Waals surface area contributed by atoms with Gasteiger partial charge in [-0.05, 0) is 65.2 Å². The Morgan fingerprint density at radius 1 is 1.00 bits per heavy atom. The van der Waals surface area contributed by atoms with Crippen molar-refractivity contribution in [2.75, 3.05) is 13.2 Å². The van der Waals surface area contributed by atoms with Gasteiger partial charge in [0, 0.05) is 19.0 Å². The van der Waals surface area contributed by atoms with Gasteiger partial charge in [0.2, 0.25) is 11.8 Å². The van der Waals surface area contributed by atoms with Crippen LogP contribution >= 0.6 is 0 Å². The Morgan fingerprint density at radius 3 is 2.22 bits per heavy atom. The highest BCUT2D eigenvalue weighted by atomic mass is 16.6. The zero-order valence-corrected chi connectivity index (χ0v) is 23.0. The minimum atomic E-state index is -1.02.